The lowest BCUT2D eigenvalue weighted by Gasteiger charge is -2.14. The Morgan fingerprint density at radius 3 is 1.47 bits per heavy atom. The van der Waals surface area contributed by atoms with Crippen molar-refractivity contribution in [3.8, 4) is 22.7 Å². The van der Waals surface area contributed by atoms with Crippen LogP contribution in [0.4, 0.5) is 0 Å². The Bertz CT molecular complexity index is 3660. The smallest absolute Gasteiger partial charge is 0.0641 e. The first-order valence-corrected chi connectivity index (χ1v) is 20.3. The minimum atomic E-state index is 1.01. The zero-order valence-electron chi connectivity index (χ0n) is 31.7. The van der Waals surface area contributed by atoms with Gasteiger partial charge in [-0.1, -0.05) is 115 Å². The fraction of sp³-hybridized carbons (Fsp3) is 0.0370. The number of para-hydroxylation sites is 5. The molecule has 13 rings (SSSR count). The van der Waals surface area contributed by atoms with Gasteiger partial charge in [-0.05, 0) is 97.3 Å². The summed E-state index contributed by atoms with van der Waals surface area (Å²) in [5.74, 6) is 0. The second-order valence-corrected chi connectivity index (χ2v) is 15.6. The van der Waals surface area contributed by atoms with Crippen LogP contribution in [0.5, 0.6) is 0 Å². The van der Waals surface area contributed by atoms with Gasteiger partial charge in [-0.2, -0.15) is 0 Å². The summed E-state index contributed by atoms with van der Waals surface area (Å²) in [6.45, 7) is 0. The summed E-state index contributed by atoms with van der Waals surface area (Å²) in [5.41, 5.74) is 15.9. The van der Waals surface area contributed by atoms with Gasteiger partial charge in [-0.15, -0.1) is 0 Å². The van der Waals surface area contributed by atoms with Gasteiger partial charge in [0.1, 0.15) is 0 Å². The monoisotopic (exact) mass is 740 g/mol. The second-order valence-electron chi connectivity index (χ2n) is 15.6. The van der Waals surface area contributed by atoms with Crippen molar-refractivity contribution in [2.24, 2.45) is 0 Å². The number of allylic oxidation sites excluding steroid dienone is 1. The maximum absolute atomic E-state index is 2.53. The van der Waals surface area contributed by atoms with Crippen molar-refractivity contribution in [2.75, 3.05) is 0 Å². The summed E-state index contributed by atoms with van der Waals surface area (Å²) < 4.78 is 9.93. The van der Waals surface area contributed by atoms with E-state index in [1.165, 1.54) is 93.3 Å². The molecule has 1 aliphatic carbocycles. The van der Waals surface area contributed by atoms with Gasteiger partial charge in [-0.25, -0.2) is 0 Å². The lowest BCUT2D eigenvalue weighted by molar-refractivity contribution is 0.967. The SMILES string of the molecule is C1=Cc2c(c3c(ccc4c5ccccc5n(-c5cccc(-n6c7ccccc7c7c6ccc6c8ccccc8n(-c8ccccc8)c67)c5)c43)n2-c2ccccc2)CC1. The lowest BCUT2D eigenvalue weighted by Crippen LogP contribution is -2.00. The van der Waals surface area contributed by atoms with Crippen LogP contribution < -0.4 is 0 Å². The first-order valence-electron chi connectivity index (χ1n) is 20.3. The average Bonchev–Trinajstić information content (AvgIpc) is 4.02. The summed E-state index contributed by atoms with van der Waals surface area (Å²) in [7, 11) is 0. The number of hydrogen-bond donors (Lipinski definition) is 0. The van der Waals surface area contributed by atoms with Crippen molar-refractivity contribution in [2.45, 2.75) is 12.8 Å². The Morgan fingerprint density at radius 1 is 0.328 bits per heavy atom. The predicted octanol–water partition coefficient (Wildman–Crippen LogP) is 13.9. The normalized spacial score (nSPS) is 13.0. The van der Waals surface area contributed by atoms with Crippen LogP contribution in [-0.4, -0.2) is 18.3 Å². The van der Waals surface area contributed by atoms with Crippen molar-refractivity contribution < 1.29 is 0 Å². The highest BCUT2D eigenvalue weighted by atomic mass is 15.0. The van der Waals surface area contributed by atoms with Crippen molar-refractivity contribution in [1.82, 2.24) is 18.3 Å². The molecule has 4 heterocycles. The number of hydrogen-bond acceptors (Lipinski definition) is 0. The highest BCUT2D eigenvalue weighted by Gasteiger charge is 2.25. The van der Waals surface area contributed by atoms with Crippen LogP contribution in [0.3, 0.4) is 0 Å². The topological polar surface area (TPSA) is 19.7 Å². The number of aromatic nitrogens is 4. The maximum atomic E-state index is 2.53. The first-order chi connectivity index (χ1) is 28.8. The average molecular weight is 741 g/mol. The molecular formula is C54H36N4. The molecule has 0 spiro atoms. The van der Waals surface area contributed by atoms with E-state index in [0.717, 1.165) is 29.9 Å². The summed E-state index contributed by atoms with van der Waals surface area (Å²) in [6, 6.07) is 66.8. The van der Waals surface area contributed by atoms with E-state index < -0.39 is 0 Å². The van der Waals surface area contributed by atoms with Crippen LogP contribution in [-0.2, 0) is 6.42 Å². The Morgan fingerprint density at radius 2 is 0.810 bits per heavy atom. The largest absolute Gasteiger partial charge is 0.310 e. The molecule has 1 aliphatic rings. The van der Waals surface area contributed by atoms with Crippen LogP contribution in [0, 0.1) is 0 Å². The highest BCUT2D eigenvalue weighted by Crippen LogP contribution is 2.45. The Labute approximate surface area is 334 Å². The zero-order chi connectivity index (χ0) is 37.9. The van der Waals surface area contributed by atoms with E-state index in [4.69, 9.17) is 0 Å². The number of fused-ring (bicyclic) bond motifs is 14. The van der Waals surface area contributed by atoms with Crippen LogP contribution in [0.15, 0.2) is 188 Å². The number of rotatable bonds is 4. The molecule has 0 fully saturated rings. The lowest BCUT2D eigenvalue weighted by atomic mass is 9.99. The van der Waals surface area contributed by atoms with E-state index in [1.807, 2.05) is 0 Å². The minimum Gasteiger partial charge on any atom is -0.310 e. The van der Waals surface area contributed by atoms with Gasteiger partial charge >= 0.3 is 0 Å². The van der Waals surface area contributed by atoms with E-state index >= 15 is 0 Å². The van der Waals surface area contributed by atoms with Gasteiger partial charge in [0.05, 0.1) is 38.6 Å². The zero-order valence-corrected chi connectivity index (χ0v) is 31.7. The summed E-state index contributed by atoms with van der Waals surface area (Å²) in [5, 5.41) is 8.93. The molecule has 0 unspecified atom stereocenters. The van der Waals surface area contributed by atoms with Crippen LogP contribution >= 0.6 is 0 Å². The van der Waals surface area contributed by atoms with E-state index in [-0.39, 0.29) is 0 Å². The van der Waals surface area contributed by atoms with Gasteiger partial charge in [0.2, 0.25) is 0 Å². The van der Waals surface area contributed by atoms with E-state index in [9.17, 15) is 0 Å². The van der Waals surface area contributed by atoms with Crippen LogP contribution in [0.2, 0.25) is 0 Å². The molecule has 4 aromatic heterocycles. The number of aryl methyl sites for hydroxylation is 1. The van der Waals surface area contributed by atoms with Gasteiger partial charge in [0.15, 0.2) is 0 Å². The maximum Gasteiger partial charge on any atom is 0.0641 e. The molecule has 4 heteroatoms. The molecular weight excluding hydrogens is 705 g/mol. The summed E-state index contributed by atoms with van der Waals surface area (Å²) in [6.07, 6.45) is 6.72. The standard InChI is InChI=1S/C54H36N4/c1-3-16-35(17-4-1)55-47-28-13-9-24-43(47)51-49(55)32-30-42-40-23-8-12-27-46(40)58(54(42)51)38-21-15-20-37(34-38)56-48-29-14-10-25-44(48)52-50(56)33-31-41-39-22-7-11-26-45(39)57(53(41)52)36-18-5-2-6-19-36/h1-8,10-23,25-34H,9,24H2. The third-order valence-corrected chi connectivity index (χ3v) is 12.6. The van der Waals surface area contributed by atoms with E-state index in [2.05, 4.69) is 212 Å². The van der Waals surface area contributed by atoms with Crippen molar-refractivity contribution in [3.05, 3.63) is 199 Å². The molecule has 0 saturated carbocycles. The quantitative estimate of drug-likeness (QED) is 0.171. The molecule has 0 saturated heterocycles. The molecule has 12 aromatic rings. The minimum absolute atomic E-state index is 1.01. The number of benzene rings is 8. The molecule has 58 heavy (non-hydrogen) atoms. The van der Waals surface area contributed by atoms with E-state index in [0.29, 0.717) is 0 Å². The third-order valence-electron chi connectivity index (χ3n) is 12.6. The summed E-state index contributed by atoms with van der Waals surface area (Å²) in [4.78, 5) is 0. The van der Waals surface area contributed by atoms with Crippen LogP contribution in [0.25, 0.3) is 105 Å². The van der Waals surface area contributed by atoms with Crippen molar-refractivity contribution >= 4 is 82.4 Å². The first kappa shape index (κ1) is 31.6. The molecule has 0 aliphatic heterocycles. The molecule has 4 nitrogen and oxygen atoms in total. The van der Waals surface area contributed by atoms with Gasteiger partial charge in [0, 0.05) is 66.1 Å². The van der Waals surface area contributed by atoms with Gasteiger partial charge in [0.25, 0.3) is 0 Å². The Hall–Kier alpha value is -7.56. The molecule has 0 radical (unpaired) electrons. The highest BCUT2D eigenvalue weighted by molar-refractivity contribution is 6.26. The van der Waals surface area contributed by atoms with Gasteiger partial charge < -0.3 is 18.3 Å². The predicted molar refractivity (Wildman–Crippen MR) is 244 cm³/mol. The second kappa shape index (κ2) is 12.0. The Kier molecular flexibility index (Phi) is 6.53. The van der Waals surface area contributed by atoms with Gasteiger partial charge in [-0.3, -0.25) is 0 Å². The van der Waals surface area contributed by atoms with Crippen LogP contribution in [0.1, 0.15) is 17.7 Å². The molecule has 272 valence electrons. The third kappa shape index (κ3) is 4.24. The molecule has 0 atom stereocenters. The molecule has 0 N–H and O–H groups in total. The van der Waals surface area contributed by atoms with Crippen molar-refractivity contribution in [1.29, 1.82) is 0 Å². The van der Waals surface area contributed by atoms with E-state index in [1.54, 1.807) is 0 Å². The summed E-state index contributed by atoms with van der Waals surface area (Å²) >= 11 is 0. The fourth-order valence-corrected chi connectivity index (χ4v) is 10.3. The molecule has 8 aromatic carbocycles. The molecule has 0 amide bonds. The number of nitrogens with zero attached hydrogens (tertiary/aromatic N) is 4. The van der Waals surface area contributed by atoms with Crippen molar-refractivity contribution in [3.63, 3.8) is 0 Å². The molecule has 0 bridgehead atoms. The Balaban J connectivity index is 1.12. The fourth-order valence-electron chi connectivity index (χ4n) is 10.3.